The highest BCUT2D eigenvalue weighted by molar-refractivity contribution is 5.89. The number of urea groups is 1. The molecule has 1 aliphatic heterocycles. The maximum absolute atomic E-state index is 12.4. The Morgan fingerprint density at radius 3 is 2.70 bits per heavy atom. The minimum atomic E-state index is -0.292. The third kappa shape index (κ3) is 5.58. The third-order valence-electron chi connectivity index (χ3n) is 4.32. The van der Waals surface area contributed by atoms with Gasteiger partial charge in [-0.3, -0.25) is 4.79 Å². The van der Waals surface area contributed by atoms with E-state index in [1.54, 1.807) is 4.90 Å². The first-order valence-corrected chi connectivity index (χ1v) is 8.51. The van der Waals surface area contributed by atoms with Crippen LogP contribution in [0.1, 0.15) is 44.6 Å². The lowest BCUT2D eigenvalue weighted by Gasteiger charge is -2.32. The van der Waals surface area contributed by atoms with Gasteiger partial charge in [0.2, 0.25) is 5.91 Å². The number of amides is 3. The van der Waals surface area contributed by atoms with Crippen LogP contribution in [0.5, 0.6) is 0 Å². The summed E-state index contributed by atoms with van der Waals surface area (Å²) in [6.07, 6.45) is 5.67. The van der Waals surface area contributed by atoms with Crippen molar-refractivity contribution in [1.82, 2.24) is 4.90 Å². The number of rotatable bonds is 6. The lowest BCUT2D eigenvalue weighted by Crippen LogP contribution is -2.43. The van der Waals surface area contributed by atoms with E-state index in [2.05, 4.69) is 24.4 Å². The third-order valence-corrected chi connectivity index (χ3v) is 4.32. The standard InChI is InChI=1S/C18H27N3O2/c1-2-3-5-14-7-9-16(10-8-14)20-18(23)21-11-4-6-15(13-21)12-17(19)22/h7-10,15H,2-6,11-13H2,1H3,(H2,19,22)(H,20,23)/t15-/m1/s1. The first kappa shape index (κ1) is 17.3. The summed E-state index contributed by atoms with van der Waals surface area (Å²) >= 11 is 0. The summed E-state index contributed by atoms with van der Waals surface area (Å²) in [7, 11) is 0. The van der Waals surface area contributed by atoms with Crippen molar-refractivity contribution in [2.24, 2.45) is 11.7 Å². The van der Waals surface area contributed by atoms with Gasteiger partial charge in [0.15, 0.2) is 0 Å². The molecule has 5 nitrogen and oxygen atoms in total. The van der Waals surface area contributed by atoms with Crippen LogP contribution in [0, 0.1) is 5.92 Å². The number of nitrogens with two attached hydrogens (primary N) is 1. The number of nitrogens with one attached hydrogen (secondary N) is 1. The van der Waals surface area contributed by atoms with Gasteiger partial charge in [-0.15, -0.1) is 0 Å². The highest BCUT2D eigenvalue weighted by Crippen LogP contribution is 2.20. The van der Waals surface area contributed by atoms with Crippen molar-refractivity contribution >= 4 is 17.6 Å². The number of carbonyl (C=O) groups excluding carboxylic acids is 2. The van der Waals surface area contributed by atoms with E-state index in [1.807, 2.05) is 12.1 Å². The van der Waals surface area contributed by atoms with Crippen LogP contribution in [0.3, 0.4) is 0 Å². The summed E-state index contributed by atoms with van der Waals surface area (Å²) in [4.78, 5) is 25.2. The first-order chi connectivity index (χ1) is 11.1. The van der Waals surface area contributed by atoms with Gasteiger partial charge in [-0.1, -0.05) is 25.5 Å². The summed E-state index contributed by atoms with van der Waals surface area (Å²) in [5, 5.41) is 2.94. The van der Waals surface area contributed by atoms with Gasteiger partial charge in [0.05, 0.1) is 0 Å². The number of anilines is 1. The van der Waals surface area contributed by atoms with Gasteiger partial charge in [0, 0.05) is 25.2 Å². The Hall–Kier alpha value is -2.04. The summed E-state index contributed by atoms with van der Waals surface area (Å²) in [5.74, 6) is -0.108. The number of benzene rings is 1. The van der Waals surface area contributed by atoms with E-state index in [9.17, 15) is 9.59 Å². The highest BCUT2D eigenvalue weighted by atomic mass is 16.2. The van der Waals surface area contributed by atoms with Crippen molar-refractivity contribution in [2.45, 2.75) is 45.4 Å². The molecule has 3 amide bonds. The minimum absolute atomic E-state index is 0.0968. The largest absolute Gasteiger partial charge is 0.370 e. The Morgan fingerprint density at radius 1 is 1.30 bits per heavy atom. The van der Waals surface area contributed by atoms with Gasteiger partial charge in [0.25, 0.3) is 0 Å². The smallest absolute Gasteiger partial charge is 0.321 e. The fourth-order valence-electron chi connectivity index (χ4n) is 3.04. The number of primary amides is 1. The van der Waals surface area contributed by atoms with E-state index < -0.39 is 0 Å². The zero-order valence-electron chi connectivity index (χ0n) is 13.9. The van der Waals surface area contributed by atoms with Gasteiger partial charge in [-0.2, -0.15) is 0 Å². The van der Waals surface area contributed by atoms with Crippen molar-refractivity contribution in [1.29, 1.82) is 0 Å². The van der Waals surface area contributed by atoms with Crippen LogP contribution in [-0.4, -0.2) is 29.9 Å². The number of hydrogen-bond acceptors (Lipinski definition) is 2. The molecule has 1 fully saturated rings. The summed E-state index contributed by atoms with van der Waals surface area (Å²) in [6.45, 7) is 3.51. The zero-order valence-corrected chi connectivity index (χ0v) is 13.9. The number of piperidine rings is 1. The number of nitrogens with zero attached hydrogens (tertiary/aromatic N) is 1. The molecule has 0 saturated carbocycles. The van der Waals surface area contributed by atoms with Crippen LogP contribution in [0.4, 0.5) is 10.5 Å². The maximum atomic E-state index is 12.4. The number of aryl methyl sites for hydroxylation is 1. The van der Waals surface area contributed by atoms with Crippen LogP contribution in [0.25, 0.3) is 0 Å². The monoisotopic (exact) mass is 317 g/mol. The van der Waals surface area contributed by atoms with Gasteiger partial charge < -0.3 is 16.0 Å². The van der Waals surface area contributed by atoms with Crippen LogP contribution in [0.15, 0.2) is 24.3 Å². The first-order valence-electron chi connectivity index (χ1n) is 8.51. The van der Waals surface area contributed by atoms with Crippen LogP contribution >= 0.6 is 0 Å². The zero-order chi connectivity index (χ0) is 16.7. The number of hydrogen-bond donors (Lipinski definition) is 2. The average molecular weight is 317 g/mol. The molecule has 1 atom stereocenters. The van der Waals surface area contributed by atoms with Crippen LogP contribution in [0.2, 0.25) is 0 Å². The second-order valence-corrected chi connectivity index (χ2v) is 6.36. The predicted molar refractivity (Wildman–Crippen MR) is 92.2 cm³/mol. The van der Waals surface area contributed by atoms with E-state index in [0.717, 1.165) is 31.5 Å². The molecule has 23 heavy (non-hydrogen) atoms. The number of carbonyl (C=O) groups is 2. The Kier molecular flexibility index (Phi) is 6.44. The molecular formula is C18H27N3O2. The van der Waals surface area contributed by atoms with Crippen LogP contribution in [-0.2, 0) is 11.2 Å². The molecule has 2 rings (SSSR count). The van der Waals surface area contributed by atoms with Gasteiger partial charge >= 0.3 is 6.03 Å². The van der Waals surface area contributed by atoms with E-state index in [-0.39, 0.29) is 17.9 Å². The molecule has 1 aromatic carbocycles. The Labute approximate surface area is 138 Å². The van der Waals surface area contributed by atoms with Crippen molar-refractivity contribution < 1.29 is 9.59 Å². The molecule has 0 unspecified atom stereocenters. The Morgan fingerprint density at radius 2 is 2.04 bits per heavy atom. The van der Waals surface area contributed by atoms with Gasteiger partial charge in [-0.05, 0) is 49.3 Å². The lowest BCUT2D eigenvalue weighted by atomic mass is 9.95. The second kappa shape index (κ2) is 8.56. The van der Waals surface area contributed by atoms with Gasteiger partial charge in [-0.25, -0.2) is 4.79 Å². The molecule has 1 aliphatic rings. The normalized spacial score (nSPS) is 17.8. The topological polar surface area (TPSA) is 75.4 Å². The molecule has 0 aromatic heterocycles. The average Bonchev–Trinajstić information content (AvgIpc) is 2.54. The number of unbranched alkanes of at least 4 members (excludes halogenated alkanes) is 1. The fraction of sp³-hybridized carbons (Fsp3) is 0.556. The highest BCUT2D eigenvalue weighted by Gasteiger charge is 2.24. The van der Waals surface area contributed by atoms with Crippen molar-refractivity contribution in [3.63, 3.8) is 0 Å². The Balaban J connectivity index is 1.86. The van der Waals surface area contributed by atoms with E-state index in [1.165, 1.54) is 18.4 Å². The number of likely N-dealkylation sites (tertiary alicyclic amines) is 1. The quantitative estimate of drug-likeness (QED) is 0.845. The van der Waals surface area contributed by atoms with Gasteiger partial charge in [0.1, 0.15) is 0 Å². The van der Waals surface area contributed by atoms with E-state index in [4.69, 9.17) is 5.73 Å². The lowest BCUT2D eigenvalue weighted by molar-refractivity contribution is -0.119. The van der Waals surface area contributed by atoms with Crippen molar-refractivity contribution in [3.8, 4) is 0 Å². The SMILES string of the molecule is CCCCc1ccc(NC(=O)N2CCC[C@H](CC(N)=O)C2)cc1. The molecular weight excluding hydrogens is 290 g/mol. The molecule has 0 aliphatic carbocycles. The molecule has 1 saturated heterocycles. The van der Waals surface area contributed by atoms with Crippen molar-refractivity contribution in [2.75, 3.05) is 18.4 Å². The second-order valence-electron chi connectivity index (χ2n) is 6.36. The van der Waals surface area contributed by atoms with Crippen LogP contribution < -0.4 is 11.1 Å². The molecule has 3 N–H and O–H groups in total. The molecule has 0 bridgehead atoms. The Bertz CT molecular complexity index is 528. The maximum Gasteiger partial charge on any atom is 0.321 e. The molecule has 126 valence electrons. The van der Waals surface area contributed by atoms with E-state index in [0.29, 0.717) is 13.0 Å². The summed E-state index contributed by atoms with van der Waals surface area (Å²) < 4.78 is 0. The molecule has 1 aromatic rings. The molecule has 5 heteroatoms. The molecule has 0 spiro atoms. The molecule has 1 heterocycles. The predicted octanol–water partition coefficient (Wildman–Crippen LogP) is 3.15. The fourth-order valence-corrected chi connectivity index (χ4v) is 3.04. The summed E-state index contributed by atoms with van der Waals surface area (Å²) in [6, 6.07) is 7.94. The summed E-state index contributed by atoms with van der Waals surface area (Å²) in [5.41, 5.74) is 7.37. The minimum Gasteiger partial charge on any atom is -0.370 e. The molecule has 0 radical (unpaired) electrons. The van der Waals surface area contributed by atoms with Crippen molar-refractivity contribution in [3.05, 3.63) is 29.8 Å². The van der Waals surface area contributed by atoms with E-state index >= 15 is 0 Å².